The van der Waals surface area contributed by atoms with Crippen LogP contribution >= 0.6 is 23.4 Å². The Morgan fingerprint density at radius 1 is 1.55 bits per heavy atom. The van der Waals surface area contributed by atoms with Crippen LogP contribution in [0.2, 0.25) is 5.02 Å². The van der Waals surface area contributed by atoms with Crippen LogP contribution in [0.15, 0.2) is 24.3 Å². The molecule has 0 aliphatic carbocycles. The average molecular weight is 313 g/mol. The number of nitrogens with one attached hydrogen (secondary N) is 1. The summed E-state index contributed by atoms with van der Waals surface area (Å²) in [5.74, 6) is 1.64. The largest absolute Gasteiger partial charge is 0.338 e. The summed E-state index contributed by atoms with van der Waals surface area (Å²) in [6.07, 6.45) is 2.24. The van der Waals surface area contributed by atoms with Gasteiger partial charge in [-0.1, -0.05) is 23.7 Å². The Labute approximate surface area is 130 Å². The lowest BCUT2D eigenvalue weighted by Crippen LogP contribution is -2.41. The molecule has 20 heavy (non-hydrogen) atoms. The number of carbonyl (C=O) groups excluding carboxylic acids is 1. The van der Waals surface area contributed by atoms with Crippen molar-refractivity contribution in [3.8, 4) is 0 Å². The maximum absolute atomic E-state index is 12.2. The number of rotatable bonds is 6. The summed E-state index contributed by atoms with van der Waals surface area (Å²) in [5, 5.41) is 3.92. The number of carbonyl (C=O) groups is 1. The van der Waals surface area contributed by atoms with Crippen molar-refractivity contribution in [2.45, 2.75) is 24.6 Å². The lowest BCUT2D eigenvalue weighted by Gasteiger charge is -2.24. The monoisotopic (exact) mass is 312 g/mol. The average Bonchev–Trinajstić information content (AvgIpc) is 2.87. The zero-order chi connectivity index (χ0) is 14.4. The normalized spacial score (nSPS) is 18.5. The Balaban J connectivity index is 1.77. The highest BCUT2D eigenvalue weighted by molar-refractivity contribution is 7.99. The minimum absolute atomic E-state index is 0.259. The maximum Gasteiger partial charge on any atom is 0.232 e. The van der Waals surface area contributed by atoms with Crippen LogP contribution in [0.25, 0.3) is 0 Å². The third-order valence-corrected chi connectivity index (χ3v) is 4.74. The standard InChI is InChI=1S/C15H21ClN2OS/c1-17-9-14-6-3-7-18(14)15(19)11-20-10-12-4-2-5-13(16)8-12/h2,4-5,8,14,17H,3,6-7,9-11H2,1H3. The van der Waals surface area contributed by atoms with Crippen LogP contribution in [-0.2, 0) is 10.5 Å². The van der Waals surface area contributed by atoms with E-state index in [0.717, 1.165) is 36.7 Å². The van der Waals surface area contributed by atoms with Crippen molar-refractivity contribution in [3.05, 3.63) is 34.9 Å². The van der Waals surface area contributed by atoms with Gasteiger partial charge in [0.05, 0.1) is 5.75 Å². The fraction of sp³-hybridized carbons (Fsp3) is 0.533. The second kappa shape index (κ2) is 7.91. The highest BCUT2D eigenvalue weighted by Gasteiger charge is 2.27. The lowest BCUT2D eigenvalue weighted by molar-refractivity contribution is -0.129. The number of likely N-dealkylation sites (tertiary alicyclic amines) is 1. The van der Waals surface area contributed by atoms with Crippen LogP contribution in [0.1, 0.15) is 18.4 Å². The molecule has 1 amide bonds. The van der Waals surface area contributed by atoms with E-state index in [4.69, 9.17) is 11.6 Å². The molecule has 3 nitrogen and oxygen atoms in total. The van der Waals surface area contributed by atoms with Gasteiger partial charge in [-0.05, 0) is 37.6 Å². The first-order valence-electron chi connectivity index (χ1n) is 6.97. The van der Waals surface area contributed by atoms with E-state index in [1.54, 1.807) is 11.8 Å². The number of hydrogen-bond donors (Lipinski definition) is 1. The number of nitrogens with zero attached hydrogens (tertiary/aromatic N) is 1. The van der Waals surface area contributed by atoms with Crippen LogP contribution in [0.3, 0.4) is 0 Å². The fourth-order valence-electron chi connectivity index (χ4n) is 2.58. The van der Waals surface area contributed by atoms with Crippen LogP contribution in [0.5, 0.6) is 0 Å². The molecule has 0 saturated carbocycles. The van der Waals surface area contributed by atoms with E-state index in [2.05, 4.69) is 5.32 Å². The van der Waals surface area contributed by atoms with Crippen LogP contribution in [0, 0.1) is 0 Å². The van der Waals surface area contributed by atoms with Crippen molar-refractivity contribution in [1.82, 2.24) is 10.2 Å². The van der Waals surface area contributed by atoms with Crippen molar-refractivity contribution in [1.29, 1.82) is 0 Å². The van der Waals surface area contributed by atoms with E-state index in [1.807, 2.05) is 36.2 Å². The lowest BCUT2D eigenvalue weighted by atomic mass is 10.2. The molecule has 1 unspecified atom stereocenters. The van der Waals surface area contributed by atoms with Gasteiger partial charge in [-0.15, -0.1) is 11.8 Å². The number of benzene rings is 1. The minimum Gasteiger partial charge on any atom is -0.338 e. The molecule has 1 saturated heterocycles. The van der Waals surface area contributed by atoms with E-state index in [-0.39, 0.29) is 5.91 Å². The maximum atomic E-state index is 12.2. The molecule has 0 spiro atoms. The van der Waals surface area contributed by atoms with Crippen molar-refractivity contribution in [2.75, 3.05) is 25.9 Å². The Morgan fingerprint density at radius 2 is 2.40 bits per heavy atom. The predicted octanol–water partition coefficient (Wildman–Crippen LogP) is 2.78. The molecular weight excluding hydrogens is 292 g/mol. The molecular formula is C15H21ClN2OS. The fourth-order valence-corrected chi connectivity index (χ4v) is 3.65. The van der Waals surface area contributed by atoms with Gasteiger partial charge in [0.15, 0.2) is 0 Å². The molecule has 1 N–H and O–H groups in total. The summed E-state index contributed by atoms with van der Waals surface area (Å²) >= 11 is 7.61. The first kappa shape index (κ1) is 15.7. The minimum atomic E-state index is 0.259. The molecule has 110 valence electrons. The van der Waals surface area contributed by atoms with Gasteiger partial charge in [0.2, 0.25) is 5.91 Å². The number of thioether (sulfide) groups is 1. The summed E-state index contributed by atoms with van der Waals surface area (Å²) < 4.78 is 0. The third-order valence-electron chi connectivity index (χ3n) is 3.52. The molecule has 1 aliphatic heterocycles. The number of hydrogen-bond acceptors (Lipinski definition) is 3. The van der Waals surface area contributed by atoms with Crippen molar-refractivity contribution >= 4 is 29.3 Å². The van der Waals surface area contributed by atoms with Crippen molar-refractivity contribution in [3.63, 3.8) is 0 Å². The van der Waals surface area contributed by atoms with Crippen molar-refractivity contribution in [2.24, 2.45) is 0 Å². The molecule has 1 aromatic rings. The third kappa shape index (κ3) is 4.40. The Kier molecular flexibility index (Phi) is 6.20. The van der Waals surface area contributed by atoms with Crippen molar-refractivity contribution < 1.29 is 4.79 Å². The van der Waals surface area contributed by atoms with E-state index >= 15 is 0 Å². The molecule has 2 rings (SSSR count). The van der Waals surface area contributed by atoms with Gasteiger partial charge in [-0.2, -0.15) is 0 Å². The van der Waals surface area contributed by atoms with Gasteiger partial charge in [-0.3, -0.25) is 4.79 Å². The molecule has 1 aromatic carbocycles. The summed E-state index contributed by atoms with van der Waals surface area (Å²) in [6, 6.07) is 8.19. The number of likely N-dealkylation sites (N-methyl/N-ethyl adjacent to an activating group) is 1. The zero-order valence-corrected chi connectivity index (χ0v) is 13.3. The molecule has 0 radical (unpaired) electrons. The highest BCUT2D eigenvalue weighted by atomic mass is 35.5. The topological polar surface area (TPSA) is 32.3 Å². The molecule has 5 heteroatoms. The molecule has 0 aromatic heterocycles. The summed E-state index contributed by atoms with van der Waals surface area (Å²) in [7, 11) is 1.94. The SMILES string of the molecule is CNCC1CCCN1C(=O)CSCc1cccc(Cl)c1. The summed E-state index contributed by atoms with van der Waals surface area (Å²) in [4.78, 5) is 14.3. The van der Waals surface area contributed by atoms with Gasteiger partial charge in [0.25, 0.3) is 0 Å². The van der Waals surface area contributed by atoms with Crippen LogP contribution < -0.4 is 5.32 Å². The first-order chi connectivity index (χ1) is 9.70. The number of amides is 1. The first-order valence-corrected chi connectivity index (χ1v) is 8.50. The predicted molar refractivity (Wildman–Crippen MR) is 86.3 cm³/mol. The molecule has 1 heterocycles. The highest BCUT2D eigenvalue weighted by Crippen LogP contribution is 2.20. The molecule has 1 atom stereocenters. The number of halogens is 1. The van der Waals surface area contributed by atoms with Gasteiger partial charge in [-0.25, -0.2) is 0 Å². The smallest absolute Gasteiger partial charge is 0.232 e. The molecule has 1 aliphatic rings. The van der Waals surface area contributed by atoms with Gasteiger partial charge >= 0.3 is 0 Å². The van der Waals surface area contributed by atoms with E-state index in [1.165, 1.54) is 5.56 Å². The van der Waals surface area contributed by atoms with Crippen LogP contribution in [0.4, 0.5) is 0 Å². The van der Waals surface area contributed by atoms with Gasteiger partial charge in [0, 0.05) is 29.9 Å². The second-order valence-electron chi connectivity index (χ2n) is 5.06. The quantitative estimate of drug-likeness (QED) is 0.876. The van der Waals surface area contributed by atoms with Crippen LogP contribution in [-0.4, -0.2) is 42.7 Å². The Morgan fingerprint density at radius 3 is 3.15 bits per heavy atom. The van der Waals surface area contributed by atoms with E-state index < -0.39 is 0 Å². The molecule has 1 fully saturated rings. The second-order valence-corrected chi connectivity index (χ2v) is 6.49. The summed E-state index contributed by atoms with van der Waals surface area (Å²) in [6.45, 7) is 1.80. The van der Waals surface area contributed by atoms with Gasteiger partial charge in [0.1, 0.15) is 0 Å². The zero-order valence-electron chi connectivity index (χ0n) is 11.8. The van der Waals surface area contributed by atoms with E-state index in [0.29, 0.717) is 11.8 Å². The Hall–Kier alpha value is -0.710. The summed E-state index contributed by atoms with van der Waals surface area (Å²) in [5.41, 5.74) is 1.17. The van der Waals surface area contributed by atoms with E-state index in [9.17, 15) is 4.79 Å². The van der Waals surface area contributed by atoms with Gasteiger partial charge < -0.3 is 10.2 Å². The Bertz CT molecular complexity index is 455. The molecule has 0 bridgehead atoms.